The second kappa shape index (κ2) is 8.68. The molecule has 0 saturated heterocycles. The molecule has 4 aromatic rings. The van der Waals surface area contributed by atoms with Gasteiger partial charge in [0.15, 0.2) is 0 Å². The van der Waals surface area contributed by atoms with Gasteiger partial charge in [0.05, 0.1) is 10.6 Å². The Kier molecular flexibility index (Phi) is 5.71. The zero-order valence-electron chi connectivity index (χ0n) is 19.2. The molecule has 0 amide bonds. The van der Waals surface area contributed by atoms with E-state index >= 15 is 0 Å². The molecule has 1 aliphatic rings. The van der Waals surface area contributed by atoms with Crippen LogP contribution in [0.25, 0.3) is 11.3 Å². The van der Waals surface area contributed by atoms with Crippen molar-refractivity contribution in [3.05, 3.63) is 112 Å². The zero-order valence-corrected chi connectivity index (χ0v) is 20.0. The highest BCUT2D eigenvalue weighted by atomic mass is 32.2. The largest absolute Gasteiger partial charge is 0.268 e. The second-order valence-corrected chi connectivity index (χ2v) is 10.9. The van der Waals surface area contributed by atoms with Crippen molar-refractivity contribution in [1.82, 2.24) is 3.97 Å². The average Bonchev–Trinajstić information content (AvgIpc) is 3.15. The molecule has 168 valence electrons. The lowest BCUT2D eigenvalue weighted by atomic mass is 9.89. The molecule has 0 atom stereocenters. The summed E-state index contributed by atoms with van der Waals surface area (Å²) < 4.78 is 30.1. The quantitative estimate of drug-likeness (QED) is 0.345. The smallest absolute Gasteiger partial charge is 0.237 e. The summed E-state index contributed by atoms with van der Waals surface area (Å²) in [6.45, 7) is 4.03. The van der Waals surface area contributed by atoms with Crippen molar-refractivity contribution in [1.29, 1.82) is 0 Å². The first-order valence-corrected chi connectivity index (χ1v) is 13.1. The summed E-state index contributed by atoms with van der Waals surface area (Å²) in [5.74, 6) is 0. The normalized spacial score (nSPS) is 13.6. The van der Waals surface area contributed by atoms with Crippen molar-refractivity contribution in [2.24, 2.45) is 0 Å². The van der Waals surface area contributed by atoms with Crippen LogP contribution < -0.4 is 0 Å². The van der Waals surface area contributed by atoms with Gasteiger partial charge in [-0.1, -0.05) is 71.8 Å². The van der Waals surface area contributed by atoms with Crippen LogP contribution in [-0.2, 0) is 29.3 Å². The summed E-state index contributed by atoms with van der Waals surface area (Å²) >= 11 is 0. The molecule has 1 aliphatic carbocycles. The summed E-state index contributed by atoms with van der Waals surface area (Å²) in [6, 6.07) is 25.6. The first-order chi connectivity index (χ1) is 15.9. The van der Waals surface area contributed by atoms with Crippen LogP contribution in [0.3, 0.4) is 0 Å². The number of rotatable bonds is 5. The predicted octanol–water partition coefficient (Wildman–Crippen LogP) is 6.48. The van der Waals surface area contributed by atoms with Gasteiger partial charge >= 0.3 is 0 Å². The maximum atomic E-state index is 14.2. The Hall–Kier alpha value is -3.11. The van der Waals surface area contributed by atoms with E-state index in [4.69, 9.17) is 0 Å². The van der Waals surface area contributed by atoms with Crippen LogP contribution in [0.4, 0.5) is 0 Å². The van der Waals surface area contributed by atoms with E-state index in [1.54, 1.807) is 16.1 Å². The van der Waals surface area contributed by atoms with E-state index in [0.29, 0.717) is 11.3 Å². The van der Waals surface area contributed by atoms with Crippen LogP contribution in [-0.4, -0.2) is 12.4 Å². The highest BCUT2D eigenvalue weighted by Crippen LogP contribution is 2.40. The highest BCUT2D eigenvalue weighted by molar-refractivity contribution is 7.90. The summed E-state index contributed by atoms with van der Waals surface area (Å²) in [4.78, 5) is 0.337. The number of hydrogen-bond acceptors (Lipinski definition) is 2. The van der Waals surface area contributed by atoms with Gasteiger partial charge in [0.1, 0.15) is 0 Å². The fraction of sp³-hybridized carbons (Fsp3) is 0.241. The number of nitrogens with zero attached hydrogens (tertiary/aromatic N) is 1. The zero-order chi connectivity index (χ0) is 23.0. The number of hydrogen-bond donors (Lipinski definition) is 0. The third kappa shape index (κ3) is 4.04. The van der Waals surface area contributed by atoms with Gasteiger partial charge in [-0.3, -0.25) is 0 Å². The predicted molar refractivity (Wildman–Crippen MR) is 134 cm³/mol. The fourth-order valence-electron chi connectivity index (χ4n) is 5.00. The molecule has 0 radical (unpaired) electrons. The Labute approximate surface area is 196 Å². The molecule has 0 unspecified atom stereocenters. The molecule has 0 N–H and O–H groups in total. The molecule has 4 heteroatoms. The van der Waals surface area contributed by atoms with Crippen molar-refractivity contribution >= 4 is 10.0 Å². The van der Waals surface area contributed by atoms with E-state index in [0.717, 1.165) is 59.3 Å². The SMILES string of the molecule is Cc1ccc(S(=O)(=O)n2c(Cc3ccccc3)c3c(c2-c2cccc(C)c2)CCCC3)cc1. The minimum absolute atomic E-state index is 0.337. The van der Waals surface area contributed by atoms with Crippen molar-refractivity contribution in [2.45, 2.75) is 50.8 Å². The molecular formula is C29H29NO2S. The molecular weight excluding hydrogens is 426 g/mol. The lowest BCUT2D eigenvalue weighted by molar-refractivity contribution is 0.586. The minimum Gasteiger partial charge on any atom is -0.237 e. The summed E-state index contributed by atoms with van der Waals surface area (Å²) in [7, 11) is -3.78. The molecule has 5 rings (SSSR count). The van der Waals surface area contributed by atoms with Crippen LogP contribution in [0.2, 0.25) is 0 Å². The monoisotopic (exact) mass is 455 g/mol. The van der Waals surface area contributed by atoms with Gasteiger partial charge in [-0.2, -0.15) is 0 Å². The lowest BCUT2D eigenvalue weighted by Gasteiger charge is -2.16. The maximum absolute atomic E-state index is 14.2. The minimum atomic E-state index is -3.78. The number of aromatic nitrogens is 1. The molecule has 0 fully saturated rings. The molecule has 0 saturated carbocycles. The molecule has 0 bridgehead atoms. The summed E-state index contributed by atoms with van der Waals surface area (Å²) in [6.07, 6.45) is 4.62. The molecule has 0 spiro atoms. The molecule has 3 aromatic carbocycles. The van der Waals surface area contributed by atoms with E-state index in [2.05, 4.69) is 31.2 Å². The van der Waals surface area contributed by atoms with E-state index in [1.807, 2.05) is 49.4 Å². The second-order valence-electron chi connectivity index (χ2n) is 9.07. The van der Waals surface area contributed by atoms with E-state index in [1.165, 1.54) is 11.1 Å². The molecule has 0 aliphatic heterocycles. The van der Waals surface area contributed by atoms with E-state index in [9.17, 15) is 8.42 Å². The summed E-state index contributed by atoms with van der Waals surface area (Å²) in [5.41, 5.74) is 8.45. The molecule has 3 nitrogen and oxygen atoms in total. The first-order valence-electron chi connectivity index (χ1n) is 11.6. The van der Waals surface area contributed by atoms with Gasteiger partial charge in [-0.05, 0) is 80.0 Å². The third-order valence-electron chi connectivity index (χ3n) is 6.62. The van der Waals surface area contributed by atoms with E-state index in [-0.39, 0.29) is 0 Å². The van der Waals surface area contributed by atoms with Crippen LogP contribution >= 0.6 is 0 Å². The van der Waals surface area contributed by atoms with Crippen LogP contribution in [0.5, 0.6) is 0 Å². The Bertz CT molecular complexity index is 1400. The topological polar surface area (TPSA) is 39.1 Å². The Morgan fingerprint density at radius 1 is 0.758 bits per heavy atom. The Morgan fingerprint density at radius 3 is 2.15 bits per heavy atom. The van der Waals surface area contributed by atoms with Crippen LogP contribution in [0, 0.1) is 13.8 Å². The Balaban J connectivity index is 1.83. The first kappa shape index (κ1) is 21.7. The van der Waals surface area contributed by atoms with Gasteiger partial charge < -0.3 is 0 Å². The van der Waals surface area contributed by atoms with Crippen molar-refractivity contribution < 1.29 is 8.42 Å². The molecule has 33 heavy (non-hydrogen) atoms. The summed E-state index contributed by atoms with van der Waals surface area (Å²) in [5, 5.41) is 0. The van der Waals surface area contributed by atoms with Crippen LogP contribution in [0.15, 0.2) is 83.8 Å². The van der Waals surface area contributed by atoms with Crippen molar-refractivity contribution in [2.75, 3.05) is 0 Å². The standard InChI is InChI=1S/C29H29NO2S/c1-21-15-17-25(18-16-21)33(31,32)30-28(20-23-10-4-3-5-11-23)26-13-6-7-14-27(26)29(30)24-12-8-9-22(2)19-24/h3-5,8-12,15-19H,6-7,13-14,20H2,1-2H3. The maximum Gasteiger partial charge on any atom is 0.268 e. The van der Waals surface area contributed by atoms with Gasteiger partial charge in [0.25, 0.3) is 10.0 Å². The van der Waals surface area contributed by atoms with E-state index < -0.39 is 10.0 Å². The van der Waals surface area contributed by atoms with Gasteiger partial charge in [-0.25, -0.2) is 12.4 Å². The van der Waals surface area contributed by atoms with Gasteiger partial charge in [-0.15, -0.1) is 0 Å². The average molecular weight is 456 g/mol. The van der Waals surface area contributed by atoms with Crippen molar-refractivity contribution in [3.8, 4) is 11.3 Å². The fourth-order valence-corrected chi connectivity index (χ4v) is 6.61. The van der Waals surface area contributed by atoms with Gasteiger partial charge in [0, 0.05) is 12.1 Å². The molecule has 1 heterocycles. The number of benzene rings is 3. The molecule has 1 aromatic heterocycles. The third-order valence-corrected chi connectivity index (χ3v) is 8.37. The van der Waals surface area contributed by atoms with Gasteiger partial charge in [0.2, 0.25) is 0 Å². The lowest BCUT2D eigenvalue weighted by Crippen LogP contribution is -2.18. The number of fused-ring (bicyclic) bond motifs is 1. The van der Waals surface area contributed by atoms with Crippen molar-refractivity contribution in [3.63, 3.8) is 0 Å². The number of aryl methyl sites for hydroxylation is 2. The Morgan fingerprint density at radius 2 is 1.45 bits per heavy atom. The van der Waals surface area contributed by atoms with Crippen LogP contribution in [0.1, 0.15) is 46.4 Å². The highest BCUT2D eigenvalue weighted by Gasteiger charge is 2.32.